The van der Waals surface area contributed by atoms with Crippen molar-refractivity contribution in [2.24, 2.45) is 0 Å². The van der Waals surface area contributed by atoms with Gasteiger partial charge < -0.3 is 11.1 Å². The van der Waals surface area contributed by atoms with Gasteiger partial charge in [0, 0.05) is 11.6 Å². The number of pyridine rings is 1. The molecule has 2 heterocycles. The molecule has 0 radical (unpaired) electrons. The molecule has 2 rings (SSSR count). The Kier molecular flexibility index (Phi) is 6.65. The van der Waals surface area contributed by atoms with Crippen molar-refractivity contribution in [1.82, 2.24) is 10.3 Å². The van der Waals surface area contributed by atoms with Crippen LogP contribution in [0.15, 0.2) is 18.2 Å². The molecule has 3 nitrogen and oxygen atoms in total. The maximum absolute atomic E-state index is 5.64. The summed E-state index contributed by atoms with van der Waals surface area (Å²) in [7, 11) is 0. The van der Waals surface area contributed by atoms with E-state index in [4.69, 9.17) is 5.73 Å². The fourth-order valence-electron chi connectivity index (χ4n) is 1.81. The summed E-state index contributed by atoms with van der Waals surface area (Å²) in [6, 6.07) is 5.90. The van der Waals surface area contributed by atoms with Gasteiger partial charge in [-0.1, -0.05) is 6.07 Å². The lowest BCUT2D eigenvalue weighted by molar-refractivity contribution is 0.453. The smallest absolute Gasteiger partial charge is 0.123 e. The number of anilines is 1. The van der Waals surface area contributed by atoms with Crippen LogP contribution in [-0.2, 0) is 0 Å². The molecule has 0 spiro atoms. The molecule has 3 N–H and O–H groups in total. The number of nitrogen functional groups attached to an aromatic ring is 1. The van der Waals surface area contributed by atoms with Gasteiger partial charge in [-0.15, -0.1) is 24.8 Å². The van der Waals surface area contributed by atoms with E-state index in [1.807, 2.05) is 12.1 Å². The van der Waals surface area contributed by atoms with Gasteiger partial charge in [0.05, 0.1) is 0 Å². The number of aromatic nitrogens is 1. The van der Waals surface area contributed by atoms with Gasteiger partial charge in [-0.25, -0.2) is 4.98 Å². The van der Waals surface area contributed by atoms with Crippen LogP contribution < -0.4 is 11.1 Å². The fraction of sp³-hybridized carbons (Fsp3) is 0.500. The second-order valence-electron chi connectivity index (χ2n) is 3.51. The van der Waals surface area contributed by atoms with Crippen LogP contribution in [0, 0.1) is 0 Å². The SMILES string of the molecule is Cl.Cl.Nc1cccc(C2CCNCC2)n1. The second kappa shape index (κ2) is 6.88. The van der Waals surface area contributed by atoms with Crippen LogP contribution in [0.2, 0.25) is 0 Å². The molecule has 0 aliphatic carbocycles. The van der Waals surface area contributed by atoms with Crippen LogP contribution in [0.3, 0.4) is 0 Å². The van der Waals surface area contributed by atoms with Crippen LogP contribution in [0.1, 0.15) is 24.5 Å². The highest BCUT2D eigenvalue weighted by Gasteiger charge is 2.15. The molecule has 1 aliphatic rings. The molecule has 0 amide bonds. The molecule has 86 valence electrons. The monoisotopic (exact) mass is 249 g/mol. The molecule has 15 heavy (non-hydrogen) atoms. The van der Waals surface area contributed by atoms with Crippen LogP contribution in [-0.4, -0.2) is 18.1 Å². The van der Waals surface area contributed by atoms with Gasteiger partial charge in [-0.2, -0.15) is 0 Å². The van der Waals surface area contributed by atoms with Crippen molar-refractivity contribution in [3.63, 3.8) is 0 Å². The number of nitrogens with two attached hydrogens (primary N) is 1. The highest BCUT2D eigenvalue weighted by molar-refractivity contribution is 5.85. The minimum atomic E-state index is 0. The highest BCUT2D eigenvalue weighted by atomic mass is 35.5. The fourth-order valence-corrected chi connectivity index (χ4v) is 1.81. The van der Waals surface area contributed by atoms with E-state index >= 15 is 0 Å². The van der Waals surface area contributed by atoms with Crippen molar-refractivity contribution in [3.8, 4) is 0 Å². The Morgan fingerprint density at radius 2 is 1.87 bits per heavy atom. The molecule has 1 aliphatic heterocycles. The third kappa shape index (κ3) is 3.86. The van der Waals surface area contributed by atoms with Gasteiger partial charge in [-0.3, -0.25) is 0 Å². The largest absolute Gasteiger partial charge is 0.384 e. The van der Waals surface area contributed by atoms with E-state index in [0.29, 0.717) is 11.7 Å². The summed E-state index contributed by atoms with van der Waals surface area (Å²) in [5.41, 5.74) is 6.79. The number of rotatable bonds is 1. The van der Waals surface area contributed by atoms with Gasteiger partial charge in [-0.05, 0) is 38.1 Å². The zero-order valence-corrected chi connectivity index (χ0v) is 10.1. The predicted molar refractivity (Wildman–Crippen MR) is 68.0 cm³/mol. The molecule has 1 fully saturated rings. The zero-order chi connectivity index (χ0) is 9.10. The lowest BCUT2D eigenvalue weighted by atomic mass is 9.94. The molecular weight excluding hydrogens is 233 g/mol. The van der Waals surface area contributed by atoms with Crippen molar-refractivity contribution in [3.05, 3.63) is 23.9 Å². The van der Waals surface area contributed by atoms with Crippen LogP contribution >= 0.6 is 24.8 Å². The maximum atomic E-state index is 5.64. The maximum Gasteiger partial charge on any atom is 0.123 e. The van der Waals surface area contributed by atoms with E-state index in [9.17, 15) is 0 Å². The molecule has 0 atom stereocenters. The number of hydrogen-bond donors (Lipinski definition) is 2. The van der Waals surface area contributed by atoms with E-state index in [-0.39, 0.29) is 24.8 Å². The van der Waals surface area contributed by atoms with Gasteiger partial charge in [0.25, 0.3) is 0 Å². The first kappa shape index (κ1) is 14.5. The van der Waals surface area contributed by atoms with Crippen LogP contribution in [0.5, 0.6) is 0 Å². The molecule has 0 saturated carbocycles. The Bertz CT molecular complexity index is 288. The van der Waals surface area contributed by atoms with Crippen molar-refractivity contribution < 1.29 is 0 Å². The number of nitrogens with one attached hydrogen (secondary N) is 1. The molecule has 5 heteroatoms. The van der Waals surface area contributed by atoms with Crippen LogP contribution in [0.4, 0.5) is 5.82 Å². The Morgan fingerprint density at radius 3 is 2.47 bits per heavy atom. The molecule has 1 saturated heterocycles. The lowest BCUT2D eigenvalue weighted by Crippen LogP contribution is -2.27. The molecule has 1 aromatic heterocycles. The molecular formula is C10H17Cl2N3. The normalized spacial score (nSPS) is 16.3. The van der Waals surface area contributed by atoms with Gasteiger partial charge in [0.2, 0.25) is 0 Å². The average molecular weight is 250 g/mol. The zero-order valence-electron chi connectivity index (χ0n) is 8.48. The number of nitrogens with zero attached hydrogens (tertiary/aromatic N) is 1. The number of halogens is 2. The molecule has 0 unspecified atom stereocenters. The second-order valence-corrected chi connectivity index (χ2v) is 3.51. The van der Waals surface area contributed by atoms with E-state index in [1.54, 1.807) is 0 Å². The van der Waals surface area contributed by atoms with Crippen molar-refractivity contribution in [2.45, 2.75) is 18.8 Å². The van der Waals surface area contributed by atoms with E-state index < -0.39 is 0 Å². The summed E-state index contributed by atoms with van der Waals surface area (Å²) < 4.78 is 0. The number of piperidine rings is 1. The Balaban J connectivity index is 0.000000980. The van der Waals surface area contributed by atoms with Crippen molar-refractivity contribution in [2.75, 3.05) is 18.8 Å². The standard InChI is InChI=1S/C10H15N3.2ClH/c11-10-3-1-2-9(13-10)8-4-6-12-7-5-8;;/h1-3,8,12H,4-7H2,(H2,11,13);2*1H. The molecule has 1 aromatic rings. The average Bonchev–Trinajstić information content (AvgIpc) is 2.19. The molecule has 0 aromatic carbocycles. The van der Waals surface area contributed by atoms with E-state index in [0.717, 1.165) is 18.8 Å². The third-order valence-corrected chi connectivity index (χ3v) is 2.55. The quantitative estimate of drug-likeness (QED) is 0.801. The van der Waals surface area contributed by atoms with Gasteiger partial charge in [0.15, 0.2) is 0 Å². The van der Waals surface area contributed by atoms with Gasteiger partial charge >= 0.3 is 0 Å². The first-order chi connectivity index (χ1) is 6.36. The van der Waals surface area contributed by atoms with Crippen LogP contribution in [0.25, 0.3) is 0 Å². The van der Waals surface area contributed by atoms with Crippen molar-refractivity contribution in [1.29, 1.82) is 0 Å². The summed E-state index contributed by atoms with van der Waals surface area (Å²) in [4.78, 5) is 4.35. The van der Waals surface area contributed by atoms with Gasteiger partial charge in [0.1, 0.15) is 5.82 Å². The summed E-state index contributed by atoms with van der Waals surface area (Å²) in [6.07, 6.45) is 2.35. The summed E-state index contributed by atoms with van der Waals surface area (Å²) >= 11 is 0. The van der Waals surface area contributed by atoms with E-state index in [1.165, 1.54) is 12.8 Å². The Morgan fingerprint density at radius 1 is 1.20 bits per heavy atom. The minimum absolute atomic E-state index is 0. The number of hydrogen-bond acceptors (Lipinski definition) is 3. The Labute approximate surface area is 103 Å². The van der Waals surface area contributed by atoms with Crippen molar-refractivity contribution >= 4 is 30.6 Å². The van der Waals surface area contributed by atoms with E-state index in [2.05, 4.69) is 16.4 Å². The predicted octanol–water partition coefficient (Wildman–Crippen LogP) is 1.97. The molecule has 0 bridgehead atoms. The minimum Gasteiger partial charge on any atom is -0.384 e. The Hall–Kier alpha value is -0.510. The lowest BCUT2D eigenvalue weighted by Gasteiger charge is -2.22. The summed E-state index contributed by atoms with van der Waals surface area (Å²) in [5.74, 6) is 1.24. The first-order valence-electron chi connectivity index (χ1n) is 4.79. The summed E-state index contributed by atoms with van der Waals surface area (Å²) in [6.45, 7) is 2.20. The highest BCUT2D eigenvalue weighted by Crippen LogP contribution is 2.23. The third-order valence-electron chi connectivity index (χ3n) is 2.55. The summed E-state index contributed by atoms with van der Waals surface area (Å²) in [5, 5.41) is 3.34. The topological polar surface area (TPSA) is 50.9 Å². The first-order valence-corrected chi connectivity index (χ1v) is 4.79.